The molecule has 0 bridgehead atoms. The van der Waals surface area contributed by atoms with E-state index in [9.17, 15) is 13.2 Å². The number of halogens is 3. The predicted octanol–water partition coefficient (Wildman–Crippen LogP) is 3.64. The van der Waals surface area contributed by atoms with E-state index < -0.39 is 15.6 Å². The Balaban J connectivity index is 0.000000279. The molecular weight excluding hydrogens is 405 g/mol. The van der Waals surface area contributed by atoms with E-state index in [-0.39, 0.29) is 0 Å². The van der Waals surface area contributed by atoms with Gasteiger partial charge in [0.15, 0.2) is 21.8 Å². The summed E-state index contributed by atoms with van der Waals surface area (Å²) in [6.07, 6.45) is 2.77. The van der Waals surface area contributed by atoms with Crippen LogP contribution in [-0.2, 0) is 25.7 Å². The first-order chi connectivity index (χ1) is 12.6. The number of alkyl halides is 3. The SMILES string of the molecule is COCOc1ccc2c([S+]3CCCC3)cccc2c1.O=S(=O)([O-])C(F)(F)F. The van der Waals surface area contributed by atoms with Crippen molar-refractivity contribution in [1.82, 2.24) is 0 Å². The fraction of sp³-hybridized carbons (Fsp3) is 0.412. The molecule has 0 amide bonds. The van der Waals surface area contributed by atoms with Crippen LogP contribution in [0.4, 0.5) is 13.2 Å². The van der Waals surface area contributed by atoms with Crippen LogP contribution in [0.5, 0.6) is 5.75 Å². The average Bonchev–Trinajstić information content (AvgIpc) is 3.12. The van der Waals surface area contributed by atoms with Crippen LogP contribution < -0.4 is 4.74 Å². The second-order valence-corrected chi connectivity index (χ2v) is 9.31. The molecule has 0 spiro atoms. The van der Waals surface area contributed by atoms with Gasteiger partial charge in [0.25, 0.3) is 0 Å². The van der Waals surface area contributed by atoms with E-state index in [1.54, 1.807) is 7.11 Å². The van der Waals surface area contributed by atoms with Gasteiger partial charge in [-0.2, -0.15) is 13.2 Å². The molecule has 0 saturated carbocycles. The van der Waals surface area contributed by atoms with E-state index in [1.165, 1.54) is 40.0 Å². The molecule has 2 aromatic carbocycles. The summed E-state index contributed by atoms with van der Waals surface area (Å²) in [5.41, 5.74) is -5.65. The lowest BCUT2D eigenvalue weighted by Gasteiger charge is -2.08. The van der Waals surface area contributed by atoms with Crippen LogP contribution in [0.2, 0.25) is 0 Å². The highest BCUT2D eigenvalue weighted by atomic mass is 32.2. The summed E-state index contributed by atoms with van der Waals surface area (Å²) in [6, 6.07) is 13.0. The van der Waals surface area contributed by atoms with Crippen LogP contribution in [0.3, 0.4) is 0 Å². The maximum Gasteiger partial charge on any atom is 0.485 e. The minimum absolute atomic E-state index is 0.301. The van der Waals surface area contributed by atoms with Crippen molar-refractivity contribution in [1.29, 1.82) is 0 Å². The molecule has 27 heavy (non-hydrogen) atoms. The maximum atomic E-state index is 10.7. The lowest BCUT2D eigenvalue weighted by Crippen LogP contribution is -2.21. The normalized spacial score (nSPS) is 15.4. The summed E-state index contributed by atoms with van der Waals surface area (Å²) < 4.78 is 69.4. The Morgan fingerprint density at radius 1 is 1.15 bits per heavy atom. The van der Waals surface area contributed by atoms with Gasteiger partial charge in [0.05, 0.1) is 0 Å². The first kappa shape index (κ1) is 21.8. The molecular formula is C17H19F3O5S2. The molecule has 1 saturated heterocycles. The molecule has 1 aliphatic heterocycles. The molecule has 150 valence electrons. The largest absolute Gasteiger partial charge is 0.741 e. The third kappa shape index (κ3) is 6.00. The molecule has 10 heteroatoms. The second kappa shape index (κ2) is 9.13. The fourth-order valence-electron chi connectivity index (χ4n) is 2.58. The zero-order chi connectivity index (χ0) is 20.1. The number of hydrogen-bond donors (Lipinski definition) is 0. The van der Waals surface area contributed by atoms with Crippen LogP contribution in [0, 0.1) is 0 Å². The van der Waals surface area contributed by atoms with E-state index in [4.69, 9.17) is 22.4 Å². The van der Waals surface area contributed by atoms with Crippen LogP contribution in [-0.4, -0.2) is 43.9 Å². The third-order valence-electron chi connectivity index (χ3n) is 3.78. The molecule has 0 radical (unpaired) electrons. The van der Waals surface area contributed by atoms with Gasteiger partial charge < -0.3 is 14.0 Å². The van der Waals surface area contributed by atoms with E-state index in [2.05, 4.69) is 30.3 Å². The topological polar surface area (TPSA) is 75.7 Å². The highest BCUT2D eigenvalue weighted by Crippen LogP contribution is 2.31. The average molecular weight is 424 g/mol. The minimum Gasteiger partial charge on any atom is -0.741 e. The number of methoxy groups -OCH3 is 1. The van der Waals surface area contributed by atoms with Crippen LogP contribution in [0.1, 0.15) is 12.8 Å². The van der Waals surface area contributed by atoms with E-state index in [0.29, 0.717) is 17.7 Å². The van der Waals surface area contributed by atoms with Crippen molar-refractivity contribution in [2.24, 2.45) is 0 Å². The van der Waals surface area contributed by atoms with Gasteiger partial charge in [0, 0.05) is 23.4 Å². The molecule has 1 aliphatic rings. The summed E-state index contributed by atoms with van der Waals surface area (Å²) >= 11 is 0. The van der Waals surface area contributed by atoms with Crippen molar-refractivity contribution < 1.29 is 35.6 Å². The maximum absolute atomic E-state index is 10.7. The summed E-state index contributed by atoms with van der Waals surface area (Å²) in [5.74, 6) is 3.60. The zero-order valence-corrected chi connectivity index (χ0v) is 16.1. The number of ether oxygens (including phenoxy) is 2. The van der Waals surface area contributed by atoms with Crippen LogP contribution in [0.25, 0.3) is 10.8 Å². The Kier molecular flexibility index (Phi) is 7.38. The molecule has 0 aromatic heterocycles. The Bertz CT molecular complexity index is 862. The quantitative estimate of drug-likeness (QED) is 0.324. The minimum atomic E-state index is -6.09. The fourth-order valence-corrected chi connectivity index (χ4v) is 5.09. The van der Waals surface area contributed by atoms with Crippen LogP contribution >= 0.6 is 0 Å². The number of hydrogen-bond acceptors (Lipinski definition) is 5. The zero-order valence-electron chi connectivity index (χ0n) is 14.5. The van der Waals surface area contributed by atoms with Gasteiger partial charge in [-0.3, -0.25) is 0 Å². The lowest BCUT2D eigenvalue weighted by atomic mass is 10.1. The first-order valence-electron chi connectivity index (χ1n) is 7.97. The highest BCUT2D eigenvalue weighted by Gasteiger charge is 2.36. The molecule has 1 fully saturated rings. The molecule has 1 heterocycles. The predicted molar refractivity (Wildman–Crippen MR) is 96.8 cm³/mol. The number of fused-ring (bicyclic) bond motifs is 1. The van der Waals surface area contributed by atoms with E-state index in [0.717, 1.165) is 5.75 Å². The standard InChI is InChI=1S/C16H19O2S.CHF3O3S/c1-17-12-18-14-7-8-15-13(11-14)5-4-6-16(15)19-9-2-3-10-19;2-1(3,4)8(5,6)7/h4-8,11H,2-3,9-10,12H2,1H3;(H,5,6,7)/q+1;/p-1. The second-order valence-electron chi connectivity index (χ2n) is 5.70. The Morgan fingerprint density at radius 2 is 1.78 bits per heavy atom. The summed E-state index contributed by atoms with van der Waals surface area (Å²) in [4.78, 5) is 1.54. The highest BCUT2D eigenvalue weighted by molar-refractivity contribution is 7.97. The van der Waals surface area contributed by atoms with E-state index in [1.807, 2.05) is 6.07 Å². The van der Waals surface area contributed by atoms with Gasteiger partial charge in [-0.1, -0.05) is 12.1 Å². The van der Waals surface area contributed by atoms with Gasteiger partial charge >= 0.3 is 5.51 Å². The van der Waals surface area contributed by atoms with Gasteiger partial charge in [0.1, 0.15) is 17.3 Å². The van der Waals surface area contributed by atoms with Crippen molar-refractivity contribution in [3.05, 3.63) is 36.4 Å². The molecule has 0 N–H and O–H groups in total. The van der Waals surface area contributed by atoms with Crippen molar-refractivity contribution in [2.45, 2.75) is 23.2 Å². The number of rotatable bonds is 4. The van der Waals surface area contributed by atoms with Crippen LogP contribution in [0.15, 0.2) is 41.3 Å². The number of benzene rings is 2. The van der Waals surface area contributed by atoms with Crippen molar-refractivity contribution >= 4 is 31.8 Å². The molecule has 5 nitrogen and oxygen atoms in total. The first-order valence-corrected chi connectivity index (χ1v) is 10.9. The Morgan fingerprint density at radius 3 is 2.33 bits per heavy atom. The van der Waals surface area contributed by atoms with Gasteiger partial charge in [0.2, 0.25) is 0 Å². The Labute approximate surface area is 158 Å². The van der Waals surface area contributed by atoms with Gasteiger partial charge in [-0.25, -0.2) is 8.42 Å². The molecule has 0 atom stereocenters. The van der Waals surface area contributed by atoms with Crippen molar-refractivity contribution in [2.75, 3.05) is 25.4 Å². The molecule has 2 aromatic rings. The molecule has 3 rings (SSSR count). The summed E-state index contributed by atoms with van der Waals surface area (Å²) in [5, 5.41) is 2.66. The monoisotopic (exact) mass is 424 g/mol. The van der Waals surface area contributed by atoms with Crippen molar-refractivity contribution in [3.63, 3.8) is 0 Å². The molecule has 0 unspecified atom stereocenters. The van der Waals surface area contributed by atoms with E-state index >= 15 is 0 Å². The lowest BCUT2D eigenvalue weighted by molar-refractivity contribution is -0.0517. The van der Waals surface area contributed by atoms with Gasteiger partial charge in [-0.05, 0) is 42.5 Å². The molecule has 0 aliphatic carbocycles. The van der Waals surface area contributed by atoms with Gasteiger partial charge in [-0.15, -0.1) is 0 Å². The third-order valence-corrected chi connectivity index (χ3v) is 6.89. The summed E-state index contributed by atoms with van der Waals surface area (Å²) in [7, 11) is -3.99. The summed E-state index contributed by atoms with van der Waals surface area (Å²) in [6.45, 7) is 0.301. The Hall–Kier alpha value is -1.49. The smallest absolute Gasteiger partial charge is 0.485 e. The van der Waals surface area contributed by atoms with Crippen molar-refractivity contribution in [3.8, 4) is 5.75 Å².